The fraction of sp³-hybridized carbons (Fsp3) is 0.308. The van der Waals surface area contributed by atoms with Crippen molar-refractivity contribution in [1.82, 2.24) is 14.7 Å². The van der Waals surface area contributed by atoms with Crippen LogP contribution in [0.15, 0.2) is 66.1 Å². The van der Waals surface area contributed by atoms with Crippen LogP contribution >= 0.6 is 0 Å². The molecule has 0 fully saturated rings. The molecule has 4 aromatic rings. The third-order valence-corrected chi connectivity index (χ3v) is 5.80. The van der Waals surface area contributed by atoms with E-state index in [0.29, 0.717) is 28.5 Å². The predicted molar refractivity (Wildman–Crippen MR) is 127 cm³/mol. The zero-order valence-corrected chi connectivity index (χ0v) is 18.0. The molecule has 2 aromatic carbocycles. The Kier molecular flexibility index (Phi) is 5.58. The van der Waals surface area contributed by atoms with E-state index in [9.17, 15) is 4.79 Å². The van der Waals surface area contributed by atoms with Crippen LogP contribution in [0.25, 0.3) is 33.0 Å². The Bertz CT molecular complexity index is 1290. The van der Waals surface area contributed by atoms with Crippen LogP contribution in [0.4, 0.5) is 0 Å². The van der Waals surface area contributed by atoms with Gasteiger partial charge in [0.2, 0.25) is 0 Å². The van der Waals surface area contributed by atoms with Gasteiger partial charge in [-0.3, -0.25) is 9.20 Å². The average molecular weight is 400 g/mol. The smallest absolute Gasteiger partial charge is 0.265 e. The molecule has 30 heavy (non-hydrogen) atoms. The number of aromatic nitrogens is 2. The molecule has 0 spiro atoms. The Morgan fingerprint density at radius 2 is 1.83 bits per heavy atom. The fourth-order valence-electron chi connectivity index (χ4n) is 3.99. The molecule has 1 atom stereocenters. The van der Waals surface area contributed by atoms with E-state index >= 15 is 0 Å². The number of hydrogen-bond acceptors (Lipinski definition) is 3. The second kappa shape index (κ2) is 8.31. The first kappa shape index (κ1) is 20.1. The predicted octanol–water partition coefficient (Wildman–Crippen LogP) is 5.78. The van der Waals surface area contributed by atoms with Gasteiger partial charge in [0.05, 0.1) is 10.9 Å². The minimum absolute atomic E-state index is 0.0535. The Morgan fingerprint density at radius 3 is 2.53 bits per heavy atom. The highest BCUT2D eigenvalue weighted by molar-refractivity contribution is 5.97. The van der Waals surface area contributed by atoms with Gasteiger partial charge in [0.15, 0.2) is 0 Å². The molecule has 0 radical (unpaired) electrons. The lowest BCUT2D eigenvalue weighted by atomic mass is 10.0. The van der Waals surface area contributed by atoms with Crippen molar-refractivity contribution in [3.8, 4) is 0 Å². The summed E-state index contributed by atoms with van der Waals surface area (Å²) in [6.07, 6.45) is 5.08. The molecular weight excluding hydrogens is 370 g/mol. The van der Waals surface area contributed by atoms with E-state index in [1.54, 1.807) is 10.6 Å². The number of fused-ring (bicyclic) bond motifs is 3. The summed E-state index contributed by atoms with van der Waals surface area (Å²) < 4.78 is 1.63. The molecule has 4 rings (SSSR count). The molecule has 2 aromatic heterocycles. The first-order valence-electron chi connectivity index (χ1n) is 10.8. The van der Waals surface area contributed by atoms with Gasteiger partial charge in [0, 0.05) is 23.5 Å². The summed E-state index contributed by atoms with van der Waals surface area (Å²) in [4.78, 5) is 18.1. The van der Waals surface area contributed by atoms with Gasteiger partial charge in [-0.05, 0) is 60.2 Å². The zero-order valence-electron chi connectivity index (χ0n) is 18.0. The highest BCUT2D eigenvalue weighted by Crippen LogP contribution is 2.23. The van der Waals surface area contributed by atoms with Crippen LogP contribution in [0.5, 0.6) is 0 Å². The summed E-state index contributed by atoms with van der Waals surface area (Å²) in [5.41, 5.74) is 2.98. The Morgan fingerprint density at radius 1 is 1.10 bits per heavy atom. The van der Waals surface area contributed by atoms with Crippen LogP contribution in [0.3, 0.4) is 0 Å². The van der Waals surface area contributed by atoms with Crippen molar-refractivity contribution in [3.05, 3.63) is 77.2 Å². The van der Waals surface area contributed by atoms with Gasteiger partial charge < -0.3 is 5.32 Å². The van der Waals surface area contributed by atoms with Crippen molar-refractivity contribution in [2.45, 2.75) is 46.1 Å². The first-order chi connectivity index (χ1) is 14.5. The number of hydrogen-bond donors (Lipinski definition) is 1. The standard InChI is InChI=1S/C26H29N3O/c1-5-21(13-12-17(2)3)27-18(4)22-11-8-14-29-25(22)28-24-16-20-10-7-6-9-19(20)15-23(24)26(29)30/h6-11,14-17,21,27H,4-5,12-13H2,1-3H3. The van der Waals surface area contributed by atoms with E-state index in [1.807, 2.05) is 48.5 Å². The van der Waals surface area contributed by atoms with Gasteiger partial charge in [-0.1, -0.05) is 51.6 Å². The summed E-state index contributed by atoms with van der Waals surface area (Å²) in [7, 11) is 0. The summed E-state index contributed by atoms with van der Waals surface area (Å²) >= 11 is 0. The van der Waals surface area contributed by atoms with Crippen molar-refractivity contribution >= 4 is 33.0 Å². The lowest BCUT2D eigenvalue weighted by Crippen LogP contribution is -2.27. The van der Waals surface area contributed by atoms with E-state index in [0.717, 1.165) is 34.9 Å². The Labute approximate surface area is 177 Å². The fourth-order valence-corrected chi connectivity index (χ4v) is 3.99. The highest BCUT2D eigenvalue weighted by atomic mass is 16.1. The van der Waals surface area contributed by atoms with Gasteiger partial charge in [-0.2, -0.15) is 0 Å². The van der Waals surface area contributed by atoms with Gasteiger partial charge in [0.1, 0.15) is 5.65 Å². The molecule has 2 heterocycles. The third kappa shape index (κ3) is 3.82. The second-order valence-corrected chi connectivity index (χ2v) is 8.45. The van der Waals surface area contributed by atoms with Crippen LogP contribution in [0.2, 0.25) is 0 Å². The average Bonchev–Trinajstić information content (AvgIpc) is 2.75. The molecule has 0 aliphatic rings. The molecule has 1 N–H and O–H groups in total. The summed E-state index contributed by atoms with van der Waals surface area (Å²) in [5, 5.41) is 6.33. The van der Waals surface area contributed by atoms with Crippen LogP contribution in [-0.4, -0.2) is 15.4 Å². The molecule has 0 saturated carbocycles. The first-order valence-corrected chi connectivity index (χ1v) is 10.8. The van der Waals surface area contributed by atoms with E-state index in [2.05, 4.69) is 32.7 Å². The van der Waals surface area contributed by atoms with E-state index in [-0.39, 0.29) is 5.56 Å². The molecule has 154 valence electrons. The topological polar surface area (TPSA) is 46.4 Å². The number of pyridine rings is 1. The quantitative estimate of drug-likeness (QED) is 0.401. The molecule has 0 aliphatic heterocycles. The third-order valence-electron chi connectivity index (χ3n) is 5.80. The minimum atomic E-state index is -0.0535. The largest absolute Gasteiger partial charge is 0.382 e. The van der Waals surface area contributed by atoms with Crippen LogP contribution in [0, 0.1) is 5.92 Å². The number of rotatable bonds is 7. The number of nitrogens with zero attached hydrogens (tertiary/aromatic N) is 2. The molecule has 4 heteroatoms. The van der Waals surface area contributed by atoms with Crippen LogP contribution < -0.4 is 10.9 Å². The summed E-state index contributed by atoms with van der Waals surface area (Å²) in [6, 6.07) is 16.2. The maximum Gasteiger partial charge on any atom is 0.265 e. The Hall–Kier alpha value is -3.14. The monoisotopic (exact) mass is 399 g/mol. The zero-order chi connectivity index (χ0) is 21.3. The molecule has 0 aliphatic carbocycles. The minimum Gasteiger partial charge on any atom is -0.382 e. The highest BCUT2D eigenvalue weighted by Gasteiger charge is 2.14. The Balaban J connectivity index is 1.79. The molecule has 0 saturated heterocycles. The molecule has 0 amide bonds. The summed E-state index contributed by atoms with van der Waals surface area (Å²) in [5.74, 6) is 0.674. The van der Waals surface area contributed by atoms with Crippen LogP contribution in [-0.2, 0) is 0 Å². The molecule has 0 bridgehead atoms. The van der Waals surface area contributed by atoms with Crippen LogP contribution in [0.1, 0.15) is 45.6 Å². The second-order valence-electron chi connectivity index (χ2n) is 8.45. The summed E-state index contributed by atoms with van der Waals surface area (Å²) in [6.45, 7) is 11.0. The van der Waals surface area contributed by atoms with E-state index in [4.69, 9.17) is 4.98 Å². The van der Waals surface area contributed by atoms with Gasteiger partial charge >= 0.3 is 0 Å². The number of benzene rings is 2. The van der Waals surface area contributed by atoms with E-state index < -0.39 is 0 Å². The maximum absolute atomic E-state index is 13.2. The van der Waals surface area contributed by atoms with E-state index in [1.165, 1.54) is 6.42 Å². The molecular formula is C26H29N3O. The SMILES string of the molecule is C=C(NC(CC)CCC(C)C)c1cccn2c(=O)c3cc4ccccc4cc3nc12. The normalized spacial score (nSPS) is 12.7. The lowest BCUT2D eigenvalue weighted by Gasteiger charge is -2.21. The van der Waals surface area contributed by atoms with Gasteiger partial charge in [-0.15, -0.1) is 0 Å². The maximum atomic E-state index is 13.2. The van der Waals surface area contributed by atoms with Crippen molar-refractivity contribution in [3.63, 3.8) is 0 Å². The van der Waals surface area contributed by atoms with Gasteiger partial charge in [-0.25, -0.2) is 4.98 Å². The molecule has 4 nitrogen and oxygen atoms in total. The van der Waals surface area contributed by atoms with Gasteiger partial charge in [0.25, 0.3) is 5.56 Å². The van der Waals surface area contributed by atoms with Crippen molar-refractivity contribution in [2.75, 3.05) is 0 Å². The van der Waals surface area contributed by atoms with Crippen molar-refractivity contribution in [2.24, 2.45) is 5.92 Å². The molecule has 1 unspecified atom stereocenters. The van der Waals surface area contributed by atoms with Crippen molar-refractivity contribution < 1.29 is 0 Å². The lowest BCUT2D eigenvalue weighted by molar-refractivity contribution is 0.459. The van der Waals surface area contributed by atoms with Crippen molar-refractivity contribution in [1.29, 1.82) is 0 Å². The number of nitrogens with one attached hydrogen (secondary N) is 1.